The first-order chi connectivity index (χ1) is 10.1. The van der Waals surface area contributed by atoms with Gasteiger partial charge in [-0.3, -0.25) is 10.1 Å². The molecular formula is C11H14N2O7S2. The van der Waals surface area contributed by atoms with Crippen molar-refractivity contribution in [1.29, 1.82) is 0 Å². The predicted molar refractivity (Wildman–Crippen MR) is 77.0 cm³/mol. The van der Waals surface area contributed by atoms with Gasteiger partial charge in [0.2, 0.25) is 10.0 Å². The zero-order valence-electron chi connectivity index (χ0n) is 11.6. The number of hydrogen-bond donors (Lipinski definition) is 1. The number of nitro benzene ring substituents is 1. The first-order valence-corrected chi connectivity index (χ1v) is 9.50. The molecule has 0 radical (unpaired) electrons. The van der Waals surface area contributed by atoms with E-state index in [2.05, 4.69) is 4.72 Å². The van der Waals surface area contributed by atoms with Crippen LogP contribution in [-0.4, -0.2) is 46.4 Å². The first-order valence-electron chi connectivity index (χ1n) is 6.20. The van der Waals surface area contributed by atoms with Crippen molar-refractivity contribution < 1.29 is 26.5 Å². The van der Waals surface area contributed by atoms with E-state index in [1.165, 1.54) is 13.2 Å². The second kappa shape index (κ2) is 5.82. The third kappa shape index (κ3) is 3.54. The van der Waals surface area contributed by atoms with E-state index in [9.17, 15) is 26.9 Å². The van der Waals surface area contributed by atoms with E-state index in [0.29, 0.717) is 0 Å². The summed E-state index contributed by atoms with van der Waals surface area (Å²) in [6.07, 6.45) is 0.180. The van der Waals surface area contributed by atoms with Gasteiger partial charge in [-0.2, -0.15) is 0 Å². The molecule has 0 spiro atoms. The highest BCUT2D eigenvalue weighted by Crippen LogP contribution is 2.29. The van der Waals surface area contributed by atoms with Gasteiger partial charge in [0.15, 0.2) is 15.6 Å². The zero-order valence-corrected chi connectivity index (χ0v) is 13.2. The number of ether oxygens (including phenoxy) is 1. The minimum absolute atomic E-state index is 0.0626. The summed E-state index contributed by atoms with van der Waals surface area (Å²) < 4.78 is 54.2. The lowest BCUT2D eigenvalue weighted by Crippen LogP contribution is -2.35. The number of benzene rings is 1. The van der Waals surface area contributed by atoms with Crippen LogP contribution in [0.25, 0.3) is 0 Å². The molecule has 0 amide bonds. The van der Waals surface area contributed by atoms with Crippen LogP contribution in [0.15, 0.2) is 23.1 Å². The molecule has 1 aromatic rings. The van der Waals surface area contributed by atoms with Crippen molar-refractivity contribution in [2.24, 2.45) is 0 Å². The van der Waals surface area contributed by atoms with Gasteiger partial charge in [0.1, 0.15) is 0 Å². The topological polar surface area (TPSA) is 133 Å². The lowest BCUT2D eigenvalue weighted by molar-refractivity contribution is -0.386. The van der Waals surface area contributed by atoms with Crippen molar-refractivity contribution in [3.63, 3.8) is 0 Å². The fraction of sp³-hybridized carbons (Fsp3) is 0.455. The molecule has 1 aliphatic heterocycles. The van der Waals surface area contributed by atoms with Crippen molar-refractivity contribution in [2.75, 3.05) is 18.6 Å². The van der Waals surface area contributed by atoms with Gasteiger partial charge in [-0.1, -0.05) is 0 Å². The molecule has 122 valence electrons. The van der Waals surface area contributed by atoms with Gasteiger partial charge in [-0.25, -0.2) is 21.6 Å². The minimum atomic E-state index is -4.05. The third-order valence-electron chi connectivity index (χ3n) is 3.21. The molecule has 1 saturated heterocycles. The molecule has 1 aliphatic rings. The van der Waals surface area contributed by atoms with E-state index in [0.717, 1.165) is 12.1 Å². The molecule has 0 aliphatic carbocycles. The fourth-order valence-electron chi connectivity index (χ4n) is 2.16. The van der Waals surface area contributed by atoms with Crippen LogP contribution in [0.4, 0.5) is 5.69 Å². The first kappa shape index (κ1) is 16.6. The highest BCUT2D eigenvalue weighted by Gasteiger charge is 2.32. The molecule has 1 heterocycles. The number of hydrogen-bond acceptors (Lipinski definition) is 7. The van der Waals surface area contributed by atoms with Gasteiger partial charge in [0, 0.05) is 12.1 Å². The van der Waals surface area contributed by atoms with Gasteiger partial charge in [0.25, 0.3) is 0 Å². The molecule has 1 fully saturated rings. The van der Waals surface area contributed by atoms with Crippen LogP contribution in [0, 0.1) is 10.1 Å². The number of sulfone groups is 1. The summed E-state index contributed by atoms with van der Waals surface area (Å²) >= 11 is 0. The summed E-state index contributed by atoms with van der Waals surface area (Å²) in [5.41, 5.74) is -0.482. The van der Waals surface area contributed by atoms with E-state index < -0.39 is 36.5 Å². The average molecular weight is 350 g/mol. The van der Waals surface area contributed by atoms with Gasteiger partial charge in [0.05, 0.1) is 28.4 Å². The number of nitrogens with one attached hydrogen (secondary N) is 1. The third-order valence-corrected chi connectivity index (χ3v) is 6.50. The van der Waals surface area contributed by atoms with Crippen LogP contribution in [-0.2, 0) is 19.9 Å². The SMILES string of the molecule is COc1ccc(S(=O)(=O)N[C@@H]2CCS(=O)(=O)C2)cc1[N+](=O)[O-]. The summed E-state index contributed by atoms with van der Waals surface area (Å²) in [7, 11) is -6.05. The quantitative estimate of drug-likeness (QED) is 0.587. The summed E-state index contributed by atoms with van der Waals surface area (Å²) in [6, 6.07) is 2.50. The maximum atomic E-state index is 12.2. The molecule has 11 heteroatoms. The van der Waals surface area contributed by atoms with Crippen LogP contribution in [0.1, 0.15) is 6.42 Å². The zero-order chi connectivity index (χ0) is 16.5. The van der Waals surface area contributed by atoms with Crippen molar-refractivity contribution in [2.45, 2.75) is 17.4 Å². The average Bonchev–Trinajstić information content (AvgIpc) is 2.76. The Labute approximate surface area is 127 Å². The van der Waals surface area contributed by atoms with E-state index in [-0.39, 0.29) is 28.6 Å². The molecule has 1 atom stereocenters. The lowest BCUT2D eigenvalue weighted by Gasteiger charge is -2.12. The Morgan fingerprint density at radius 2 is 2.09 bits per heavy atom. The second-order valence-electron chi connectivity index (χ2n) is 4.81. The van der Waals surface area contributed by atoms with Gasteiger partial charge in [-0.05, 0) is 18.6 Å². The standard InChI is InChI=1S/C11H14N2O7S2/c1-20-11-3-2-9(6-10(11)13(14)15)22(18,19)12-8-4-5-21(16,17)7-8/h2-3,6,8,12H,4-5,7H2,1H3/t8-/m1/s1. The predicted octanol–water partition coefficient (Wildman–Crippen LogP) is 0.0688. The molecule has 0 aromatic heterocycles. The molecule has 1 aromatic carbocycles. The highest BCUT2D eigenvalue weighted by atomic mass is 32.2. The van der Waals surface area contributed by atoms with Gasteiger partial charge < -0.3 is 4.74 Å². The summed E-state index contributed by atoms with van der Waals surface area (Å²) in [5.74, 6) is -0.416. The van der Waals surface area contributed by atoms with Crippen LogP contribution < -0.4 is 9.46 Å². The van der Waals surface area contributed by atoms with Gasteiger partial charge >= 0.3 is 5.69 Å². The second-order valence-corrected chi connectivity index (χ2v) is 8.75. The van der Waals surface area contributed by atoms with Crippen molar-refractivity contribution in [1.82, 2.24) is 4.72 Å². The largest absolute Gasteiger partial charge is 0.490 e. The van der Waals surface area contributed by atoms with Crippen LogP contribution >= 0.6 is 0 Å². The Morgan fingerprint density at radius 3 is 2.59 bits per heavy atom. The molecule has 1 N–H and O–H groups in total. The molecule has 0 bridgehead atoms. The Kier molecular flexibility index (Phi) is 4.40. The number of rotatable bonds is 5. The summed E-state index contributed by atoms with van der Waals surface area (Å²) in [6.45, 7) is 0. The molecule has 0 saturated carbocycles. The fourth-order valence-corrected chi connectivity index (χ4v) is 5.22. The van der Waals surface area contributed by atoms with E-state index >= 15 is 0 Å². The Morgan fingerprint density at radius 1 is 1.41 bits per heavy atom. The van der Waals surface area contributed by atoms with Crippen LogP contribution in [0.3, 0.4) is 0 Å². The molecule has 0 unspecified atom stereocenters. The van der Waals surface area contributed by atoms with Gasteiger partial charge in [-0.15, -0.1) is 0 Å². The molecule has 2 rings (SSSR count). The van der Waals surface area contributed by atoms with E-state index in [1.54, 1.807) is 0 Å². The lowest BCUT2D eigenvalue weighted by atomic mass is 10.3. The van der Waals surface area contributed by atoms with Crippen LogP contribution in [0.5, 0.6) is 5.75 Å². The minimum Gasteiger partial charge on any atom is -0.490 e. The molecule has 9 nitrogen and oxygen atoms in total. The van der Waals surface area contributed by atoms with Crippen LogP contribution in [0.2, 0.25) is 0 Å². The monoisotopic (exact) mass is 350 g/mol. The van der Waals surface area contributed by atoms with Crippen molar-refractivity contribution >= 4 is 25.5 Å². The molecular weight excluding hydrogens is 336 g/mol. The number of nitro groups is 1. The van der Waals surface area contributed by atoms with Crippen molar-refractivity contribution in [3.05, 3.63) is 28.3 Å². The maximum absolute atomic E-state index is 12.2. The summed E-state index contributed by atoms with van der Waals surface area (Å²) in [5, 5.41) is 10.9. The Balaban J connectivity index is 2.30. The smallest absolute Gasteiger partial charge is 0.312 e. The number of methoxy groups -OCH3 is 1. The maximum Gasteiger partial charge on any atom is 0.312 e. The normalized spacial score (nSPS) is 20.7. The molecule has 22 heavy (non-hydrogen) atoms. The Bertz CT molecular complexity index is 802. The number of sulfonamides is 1. The van der Waals surface area contributed by atoms with E-state index in [1.807, 2.05) is 0 Å². The number of nitrogens with zero attached hydrogens (tertiary/aromatic N) is 1. The van der Waals surface area contributed by atoms with E-state index in [4.69, 9.17) is 4.74 Å². The van der Waals surface area contributed by atoms with Crippen molar-refractivity contribution in [3.8, 4) is 5.75 Å². The summed E-state index contributed by atoms with van der Waals surface area (Å²) in [4.78, 5) is 9.85. The Hall–Kier alpha value is -1.72. The highest BCUT2D eigenvalue weighted by molar-refractivity contribution is 7.92.